The van der Waals surface area contributed by atoms with Crippen molar-refractivity contribution in [1.29, 1.82) is 0 Å². The molecular weight excluding hydrogens is 326 g/mol. The van der Waals surface area contributed by atoms with Gasteiger partial charge in [0.2, 0.25) is 5.91 Å². The molecule has 1 unspecified atom stereocenters. The molecule has 1 atom stereocenters. The van der Waals surface area contributed by atoms with Gasteiger partial charge in [0.15, 0.2) is 0 Å². The van der Waals surface area contributed by atoms with Gasteiger partial charge >= 0.3 is 0 Å². The van der Waals surface area contributed by atoms with Crippen molar-refractivity contribution in [2.75, 3.05) is 24.5 Å². The van der Waals surface area contributed by atoms with Gasteiger partial charge in [-0.1, -0.05) is 0 Å². The number of aromatic amines is 1. The van der Waals surface area contributed by atoms with Crippen LogP contribution < -0.4 is 10.2 Å². The van der Waals surface area contributed by atoms with Gasteiger partial charge in [-0.25, -0.2) is 4.98 Å². The van der Waals surface area contributed by atoms with E-state index in [-0.39, 0.29) is 11.8 Å². The van der Waals surface area contributed by atoms with Crippen LogP contribution in [-0.4, -0.2) is 40.5 Å². The number of nitrogens with zero attached hydrogens (tertiary/aromatic N) is 3. The molecule has 134 valence electrons. The highest BCUT2D eigenvalue weighted by Gasteiger charge is 2.29. The van der Waals surface area contributed by atoms with Gasteiger partial charge in [-0.3, -0.25) is 9.78 Å². The maximum absolute atomic E-state index is 12.6. The number of rotatable bonds is 4. The third kappa shape index (κ3) is 2.79. The van der Waals surface area contributed by atoms with Crippen LogP contribution in [0.25, 0.3) is 21.8 Å². The largest absolute Gasteiger partial charge is 0.369 e. The summed E-state index contributed by atoms with van der Waals surface area (Å²) in [5.41, 5.74) is 2.00. The Labute approximate surface area is 152 Å². The second kappa shape index (κ2) is 6.27. The molecule has 6 nitrogen and oxygen atoms in total. The van der Waals surface area contributed by atoms with E-state index in [2.05, 4.69) is 31.2 Å². The van der Waals surface area contributed by atoms with E-state index in [4.69, 9.17) is 0 Å². The number of amides is 1. The topological polar surface area (TPSA) is 73.9 Å². The van der Waals surface area contributed by atoms with Crippen LogP contribution in [0.3, 0.4) is 0 Å². The molecule has 1 aliphatic carbocycles. The molecule has 1 saturated heterocycles. The molecule has 3 aromatic heterocycles. The molecule has 1 aliphatic heterocycles. The number of pyridine rings is 2. The lowest BCUT2D eigenvalue weighted by molar-refractivity contribution is -0.125. The Bertz CT molecular complexity index is 961. The van der Waals surface area contributed by atoms with Crippen LogP contribution in [0.1, 0.15) is 25.7 Å². The molecule has 2 aliphatic rings. The van der Waals surface area contributed by atoms with Crippen molar-refractivity contribution >= 4 is 33.4 Å². The standard InChI is InChI=1S/C20H23N5O/c26-20(24-8-13-3-4-13)14-2-1-7-25(12-14)17-11-21-9-15-10-23-19-16(18(15)17)5-6-22-19/h5-6,9-11,13-14H,1-4,7-8,12H2,(H,22,23)(H,24,26). The Morgan fingerprint density at radius 2 is 2.19 bits per heavy atom. The summed E-state index contributed by atoms with van der Waals surface area (Å²) in [7, 11) is 0. The fraction of sp³-hybridized carbons (Fsp3) is 0.450. The molecule has 0 aromatic carbocycles. The maximum Gasteiger partial charge on any atom is 0.224 e. The summed E-state index contributed by atoms with van der Waals surface area (Å²) < 4.78 is 0. The van der Waals surface area contributed by atoms with Crippen LogP contribution in [0.4, 0.5) is 5.69 Å². The number of nitrogens with one attached hydrogen (secondary N) is 2. The average molecular weight is 349 g/mol. The molecule has 26 heavy (non-hydrogen) atoms. The first-order valence-corrected chi connectivity index (χ1v) is 9.52. The fourth-order valence-electron chi connectivity index (χ4n) is 4.02. The monoisotopic (exact) mass is 349 g/mol. The summed E-state index contributed by atoms with van der Waals surface area (Å²) in [4.78, 5) is 27.0. The lowest BCUT2D eigenvalue weighted by Crippen LogP contribution is -2.43. The minimum Gasteiger partial charge on any atom is -0.369 e. The highest BCUT2D eigenvalue weighted by atomic mass is 16.1. The van der Waals surface area contributed by atoms with E-state index < -0.39 is 0 Å². The molecule has 0 spiro atoms. The first-order valence-electron chi connectivity index (χ1n) is 9.52. The van der Waals surface area contributed by atoms with Gasteiger partial charge in [0.05, 0.1) is 17.8 Å². The van der Waals surface area contributed by atoms with Gasteiger partial charge in [0.1, 0.15) is 5.65 Å². The Morgan fingerprint density at radius 3 is 3.08 bits per heavy atom. The number of piperidine rings is 1. The molecular formula is C20H23N5O. The Morgan fingerprint density at radius 1 is 1.27 bits per heavy atom. The predicted molar refractivity (Wildman–Crippen MR) is 102 cm³/mol. The number of aromatic nitrogens is 3. The second-order valence-electron chi connectivity index (χ2n) is 7.59. The zero-order valence-corrected chi connectivity index (χ0v) is 14.7. The molecule has 3 aromatic rings. The van der Waals surface area contributed by atoms with Gasteiger partial charge in [-0.2, -0.15) is 0 Å². The van der Waals surface area contributed by atoms with E-state index in [0.717, 1.165) is 60.5 Å². The minimum atomic E-state index is 0.0568. The van der Waals surface area contributed by atoms with E-state index >= 15 is 0 Å². The van der Waals surface area contributed by atoms with Crippen molar-refractivity contribution in [3.05, 3.63) is 30.9 Å². The number of hydrogen-bond acceptors (Lipinski definition) is 4. The number of H-pyrrole nitrogens is 1. The number of carbonyl (C=O) groups is 1. The summed E-state index contributed by atoms with van der Waals surface area (Å²) in [5.74, 6) is 0.986. The van der Waals surface area contributed by atoms with Crippen molar-refractivity contribution in [3.8, 4) is 0 Å². The first-order chi connectivity index (χ1) is 12.8. The number of anilines is 1. The van der Waals surface area contributed by atoms with Crippen LogP contribution >= 0.6 is 0 Å². The predicted octanol–water partition coefficient (Wildman–Crippen LogP) is 2.85. The van der Waals surface area contributed by atoms with Crippen molar-refractivity contribution < 1.29 is 4.79 Å². The van der Waals surface area contributed by atoms with Crippen molar-refractivity contribution in [2.24, 2.45) is 11.8 Å². The van der Waals surface area contributed by atoms with Crippen LogP contribution in [-0.2, 0) is 4.79 Å². The summed E-state index contributed by atoms with van der Waals surface area (Å²) >= 11 is 0. The van der Waals surface area contributed by atoms with E-state index in [0.29, 0.717) is 0 Å². The van der Waals surface area contributed by atoms with Gasteiger partial charge in [0, 0.05) is 54.4 Å². The summed E-state index contributed by atoms with van der Waals surface area (Å²) in [5, 5.41) is 6.47. The van der Waals surface area contributed by atoms with Crippen LogP contribution in [0.15, 0.2) is 30.9 Å². The van der Waals surface area contributed by atoms with Gasteiger partial charge in [-0.15, -0.1) is 0 Å². The number of carbonyl (C=O) groups excluding carboxylic acids is 1. The normalized spacial score (nSPS) is 20.6. The Balaban J connectivity index is 1.45. The van der Waals surface area contributed by atoms with Crippen LogP contribution in [0, 0.1) is 11.8 Å². The van der Waals surface area contributed by atoms with Gasteiger partial charge in [0.25, 0.3) is 0 Å². The summed E-state index contributed by atoms with van der Waals surface area (Å²) in [6, 6.07) is 2.07. The van der Waals surface area contributed by atoms with Crippen LogP contribution in [0.2, 0.25) is 0 Å². The molecule has 6 heteroatoms. The molecule has 5 rings (SSSR count). The third-order valence-corrected chi connectivity index (χ3v) is 5.68. The van der Waals surface area contributed by atoms with Crippen molar-refractivity contribution in [3.63, 3.8) is 0 Å². The molecule has 4 heterocycles. The zero-order valence-electron chi connectivity index (χ0n) is 14.7. The molecule has 2 fully saturated rings. The van der Waals surface area contributed by atoms with Gasteiger partial charge < -0.3 is 15.2 Å². The van der Waals surface area contributed by atoms with E-state index in [1.54, 1.807) is 0 Å². The molecule has 0 bridgehead atoms. The zero-order chi connectivity index (χ0) is 17.5. The van der Waals surface area contributed by atoms with E-state index in [1.807, 2.05) is 24.8 Å². The molecule has 1 saturated carbocycles. The van der Waals surface area contributed by atoms with E-state index in [9.17, 15) is 4.79 Å². The van der Waals surface area contributed by atoms with E-state index in [1.165, 1.54) is 18.2 Å². The minimum absolute atomic E-state index is 0.0568. The van der Waals surface area contributed by atoms with Crippen LogP contribution in [0.5, 0.6) is 0 Å². The molecule has 2 N–H and O–H groups in total. The van der Waals surface area contributed by atoms with Gasteiger partial charge in [-0.05, 0) is 37.7 Å². The quantitative estimate of drug-likeness (QED) is 0.760. The van der Waals surface area contributed by atoms with Crippen molar-refractivity contribution in [2.45, 2.75) is 25.7 Å². The second-order valence-corrected chi connectivity index (χ2v) is 7.59. The first kappa shape index (κ1) is 15.6. The average Bonchev–Trinajstić information content (AvgIpc) is 3.39. The number of hydrogen-bond donors (Lipinski definition) is 2. The third-order valence-electron chi connectivity index (χ3n) is 5.68. The maximum atomic E-state index is 12.6. The van der Waals surface area contributed by atoms with Crippen molar-refractivity contribution in [1.82, 2.24) is 20.3 Å². The Hall–Kier alpha value is -2.63. The SMILES string of the molecule is O=C(NCC1CC1)C1CCCN(c2cncc3cnc4[nH]ccc4c23)C1. The highest BCUT2D eigenvalue weighted by molar-refractivity contribution is 6.11. The molecule has 0 radical (unpaired) electrons. The summed E-state index contributed by atoms with van der Waals surface area (Å²) in [6.45, 7) is 2.56. The summed E-state index contributed by atoms with van der Waals surface area (Å²) in [6.07, 6.45) is 12.1. The number of fused-ring (bicyclic) bond motifs is 3. The lowest BCUT2D eigenvalue weighted by atomic mass is 9.96. The Kier molecular flexibility index (Phi) is 3.76. The lowest BCUT2D eigenvalue weighted by Gasteiger charge is -2.34. The molecule has 1 amide bonds. The fourth-order valence-corrected chi connectivity index (χ4v) is 4.02. The highest BCUT2D eigenvalue weighted by Crippen LogP contribution is 2.34. The smallest absolute Gasteiger partial charge is 0.224 e.